The summed E-state index contributed by atoms with van der Waals surface area (Å²) in [6.45, 7) is 2.41. The van der Waals surface area contributed by atoms with Gasteiger partial charge in [-0.25, -0.2) is 0 Å². The van der Waals surface area contributed by atoms with E-state index in [-0.39, 0.29) is 5.91 Å². The van der Waals surface area contributed by atoms with Crippen molar-refractivity contribution in [1.29, 1.82) is 0 Å². The van der Waals surface area contributed by atoms with E-state index in [0.717, 1.165) is 14.9 Å². The van der Waals surface area contributed by atoms with Crippen LogP contribution in [0.15, 0.2) is 34.1 Å². The molecule has 0 bridgehead atoms. The second-order valence-corrected chi connectivity index (χ2v) is 5.80. The standard InChI is InChI=1S/C13H13BrN2OS/c1-8-6-9(15)2-3-10(8)13(17)16-7-12-11(14)4-5-18-12/h2-6H,7,15H2,1H3,(H,16,17). The summed E-state index contributed by atoms with van der Waals surface area (Å²) < 4.78 is 1.03. The Labute approximate surface area is 118 Å². The van der Waals surface area contributed by atoms with Crippen molar-refractivity contribution in [2.75, 3.05) is 5.73 Å². The first-order valence-corrected chi connectivity index (χ1v) is 7.11. The van der Waals surface area contributed by atoms with E-state index >= 15 is 0 Å². The highest BCUT2D eigenvalue weighted by Gasteiger charge is 2.09. The molecule has 0 saturated carbocycles. The minimum atomic E-state index is -0.0761. The number of nitrogens with one attached hydrogen (secondary N) is 1. The minimum Gasteiger partial charge on any atom is -0.399 e. The lowest BCUT2D eigenvalue weighted by Gasteiger charge is -2.07. The molecule has 0 aliphatic heterocycles. The number of hydrogen-bond donors (Lipinski definition) is 2. The summed E-state index contributed by atoms with van der Waals surface area (Å²) in [6, 6.07) is 7.27. The number of amides is 1. The van der Waals surface area contributed by atoms with Crippen LogP contribution in [0.25, 0.3) is 0 Å². The number of rotatable bonds is 3. The maximum Gasteiger partial charge on any atom is 0.251 e. The highest BCUT2D eigenvalue weighted by atomic mass is 79.9. The average molecular weight is 325 g/mol. The molecule has 1 aromatic carbocycles. The number of benzene rings is 1. The molecular weight excluding hydrogens is 312 g/mol. The molecule has 0 fully saturated rings. The quantitative estimate of drug-likeness (QED) is 0.851. The normalized spacial score (nSPS) is 10.3. The number of carbonyl (C=O) groups excluding carboxylic acids is 1. The van der Waals surface area contributed by atoms with Crippen molar-refractivity contribution in [3.63, 3.8) is 0 Å². The van der Waals surface area contributed by atoms with Gasteiger partial charge in [0.25, 0.3) is 5.91 Å². The summed E-state index contributed by atoms with van der Waals surface area (Å²) in [7, 11) is 0. The van der Waals surface area contributed by atoms with E-state index in [1.807, 2.05) is 18.4 Å². The largest absolute Gasteiger partial charge is 0.399 e. The van der Waals surface area contributed by atoms with E-state index in [2.05, 4.69) is 21.2 Å². The number of aryl methyl sites for hydroxylation is 1. The Morgan fingerprint density at radius 3 is 2.83 bits per heavy atom. The second kappa shape index (κ2) is 5.54. The molecule has 0 unspecified atom stereocenters. The third kappa shape index (κ3) is 2.91. The van der Waals surface area contributed by atoms with Gasteiger partial charge in [0.05, 0.1) is 6.54 Å². The van der Waals surface area contributed by atoms with Crippen LogP contribution < -0.4 is 11.1 Å². The zero-order valence-corrected chi connectivity index (χ0v) is 12.3. The number of thiophene rings is 1. The number of nitrogen functional groups attached to an aromatic ring is 1. The number of nitrogens with two attached hydrogens (primary N) is 1. The molecule has 2 rings (SSSR count). The molecule has 0 radical (unpaired) electrons. The SMILES string of the molecule is Cc1cc(N)ccc1C(=O)NCc1sccc1Br. The monoisotopic (exact) mass is 324 g/mol. The average Bonchev–Trinajstić information content (AvgIpc) is 2.72. The Bertz CT molecular complexity index is 580. The van der Waals surface area contributed by atoms with Crippen LogP contribution in [0.1, 0.15) is 20.8 Å². The topological polar surface area (TPSA) is 55.1 Å². The fourth-order valence-corrected chi connectivity index (χ4v) is 3.08. The third-order valence-electron chi connectivity index (χ3n) is 2.60. The zero-order valence-electron chi connectivity index (χ0n) is 9.87. The van der Waals surface area contributed by atoms with Gasteiger partial charge in [0.1, 0.15) is 0 Å². The lowest BCUT2D eigenvalue weighted by Crippen LogP contribution is -2.23. The van der Waals surface area contributed by atoms with Crippen molar-refractivity contribution >= 4 is 38.9 Å². The van der Waals surface area contributed by atoms with Crippen LogP contribution >= 0.6 is 27.3 Å². The Kier molecular flexibility index (Phi) is 4.04. The maximum atomic E-state index is 12.0. The number of carbonyl (C=O) groups is 1. The van der Waals surface area contributed by atoms with Gasteiger partial charge in [0.2, 0.25) is 0 Å². The van der Waals surface area contributed by atoms with Crippen molar-refractivity contribution in [2.45, 2.75) is 13.5 Å². The van der Waals surface area contributed by atoms with Gasteiger partial charge in [-0.05, 0) is 58.1 Å². The van der Waals surface area contributed by atoms with Crippen LogP contribution in [0.3, 0.4) is 0 Å². The molecule has 0 aliphatic carbocycles. The van der Waals surface area contributed by atoms with Crippen LogP contribution in [-0.4, -0.2) is 5.91 Å². The molecule has 1 amide bonds. The molecule has 0 aliphatic rings. The van der Waals surface area contributed by atoms with Gasteiger partial charge in [-0.1, -0.05) is 0 Å². The van der Waals surface area contributed by atoms with Gasteiger partial charge >= 0.3 is 0 Å². The maximum absolute atomic E-state index is 12.0. The van der Waals surface area contributed by atoms with Crippen molar-refractivity contribution < 1.29 is 4.79 Å². The molecule has 0 atom stereocenters. The molecule has 0 spiro atoms. The van der Waals surface area contributed by atoms with Crippen LogP contribution in [0.2, 0.25) is 0 Å². The highest BCUT2D eigenvalue weighted by Crippen LogP contribution is 2.22. The molecule has 94 valence electrons. The van der Waals surface area contributed by atoms with Crippen LogP contribution in [0.4, 0.5) is 5.69 Å². The second-order valence-electron chi connectivity index (χ2n) is 3.95. The predicted octanol–water partition coefficient (Wildman–Crippen LogP) is 3.33. The van der Waals surface area contributed by atoms with Crippen molar-refractivity contribution in [3.05, 3.63) is 50.1 Å². The van der Waals surface area contributed by atoms with E-state index in [1.54, 1.807) is 29.5 Å². The summed E-state index contributed by atoms with van der Waals surface area (Å²) in [5.41, 5.74) is 7.88. The van der Waals surface area contributed by atoms with E-state index in [0.29, 0.717) is 17.8 Å². The Morgan fingerprint density at radius 1 is 1.44 bits per heavy atom. The minimum absolute atomic E-state index is 0.0761. The zero-order chi connectivity index (χ0) is 13.1. The van der Waals surface area contributed by atoms with Crippen molar-refractivity contribution in [1.82, 2.24) is 5.32 Å². The first-order chi connectivity index (χ1) is 8.58. The number of hydrogen-bond acceptors (Lipinski definition) is 3. The molecule has 3 N–H and O–H groups in total. The fourth-order valence-electron chi connectivity index (χ4n) is 1.65. The molecular formula is C13H13BrN2OS. The van der Waals surface area contributed by atoms with E-state index in [9.17, 15) is 4.79 Å². The van der Waals surface area contributed by atoms with Gasteiger partial charge < -0.3 is 11.1 Å². The molecule has 1 heterocycles. The molecule has 18 heavy (non-hydrogen) atoms. The third-order valence-corrected chi connectivity index (χ3v) is 4.52. The van der Waals surface area contributed by atoms with E-state index < -0.39 is 0 Å². The van der Waals surface area contributed by atoms with Crippen molar-refractivity contribution in [3.8, 4) is 0 Å². The van der Waals surface area contributed by atoms with Crippen LogP contribution in [0.5, 0.6) is 0 Å². The lowest BCUT2D eigenvalue weighted by atomic mass is 10.1. The van der Waals surface area contributed by atoms with E-state index in [4.69, 9.17) is 5.73 Å². The Hall–Kier alpha value is -1.33. The molecule has 3 nitrogen and oxygen atoms in total. The number of anilines is 1. The van der Waals surface area contributed by atoms with Crippen LogP contribution in [0, 0.1) is 6.92 Å². The van der Waals surface area contributed by atoms with Gasteiger partial charge in [0, 0.05) is 20.6 Å². The summed E-state index contributed by atoms with van der Waals surface area (Å²) >= 11 is 5.05. The summed E-state index contributed by atoms with van der Waals surface area (Å²) in [6.07, 6.45) is 0. The summed E-state index contributed by atoms with van der Waals surface area (Å²) in [5, 5.41) is 4.89. The van der Waals surface area contributed by atoms with Crippen LogP contribution in [-0.2, 0) is 6.54 Å². The first kappa shape index (κ1) is 13.1. The molecule has 1 aromatic heterocycles. The summed E-state index contributed by atoms with van der Waals surface area (Å²) in [5.74, 6) is -0.0761. The van der Waals surface area contributed by atoms with Gasteiger partial charge in [-0.2, -0.15) is 0 Å². The lowest BCUT2D eigenvalue weighted by molar-refractivity contribution is 0.0950. The van der Waals surface area contributed by atoms with Gasteiger partial charge in [-0.15, -0.1) is 11.3 Å². The highest BCUT2D eigenvalue weighted by molar-refractivity contribution is 9.10. The van der Waals surface area contributed by atoms with Crippen molar-refractivity contribution in [2.24, 2.45) is 0 Å². The van der Waals surface area contributed by atoms with Gasteiger partial charge in [-0.3, -0.25) is 4.79 Å². The molecule has 0 saturated heterocycles. The summed E-state index contributed by atoms with van der Waals surface area (Å²) in [4.78, 5) is 13.1. The first-order valence-electron chi connectivity index (χ1n) is 5.44. The molecule has 5 heteroatoms. The molecule has 2 aromatic rings. The van der Waals surface area contributed by atoms with Gasteiger partial charge in [0.15, 0.2) is 0 Å². The smallest absolute Gasteiger partial charge is 0.251 e. The number of halogens is 1. The predicted molar refractivity (Wildman–Crippen MR) is 78.8 cm³/mol. The Morgan fingerprint density at radius 2 is 2.22 bits per heavy atom. The fraction of sp³-hybridized carbons (Fsp3) is 0.154. The Balaban J connectivity index is 2.06. The van der Waals surface area contributed by atoms with E-state index in [1.165, 1.54) is 0 Å².